The molecule has 88 valence electrons. The van der Waals surface area contributed by atoms with Crippen molar-refractivity contribution < 1.29 is 4.79 Å². The molecule has 0 unspecified atom stereocenters. The minimum Gasteiger partial charge on any atom is -0.383 e. The maximum absolute atomic E-state index is 12.1. The number of nitrogens with two attached hydrogens (primary N) is 1. The van der Waals surface area contributed by atoms with E-state index in [0.717, 1.165) is 0 Å². The fraction of sp³-hybridized carbons (Fsp3) is 0.100. The van der Waals surface area contributed by atoms with Crippen LogP contribution in [0, 0.1) is 0 Å². The highest BCUT2D eigenvalue weighted by atomic mass is 79.9. The van der Waals surface area contributed by atoms with Crippen LogP contribution in [0.5, 0.6) is 0 Å². The molecule has 0 aliphatic carbocycles. The van der Waals surface area contributed by atoms with Crippen molar-refractivity contribution in [2.75, 3.05) is 17.7 Å². The summed E-state index contributed by atoms with van der Waals surface area (Å²) in [7, 11) is 1.65. The van der Waals surface area contributed by atoms with Gasteiger partial charge in [-0.2, -0.15) is 5.10 Å². The molecule has 2 rings (SSSR count). The molecule has 0 saturated heterocycles. The number of anilines is 2. The summed E-state index contributed by atoms with van der Waals surface area (Å²) in [6, 6.07) is 3.30. The number of carbonyl (C=O) groups excluding carboxylic acids is 1. The van der Waals surface area contributed by atoms with Crippen molar-refractivity contribution in [2.24, 2.45) is 0 Å². The average molecular weight is 296 g/mol. The molecule has 6 nitrogen and oxygen atoms in total. The summed E-state index contributed by atoms with van der Waals surface area (Å²) in [5, 5.41) is 6.43. The predicted octanol–water partition coefficient (Wildman–Crippen LogP) is 1.43. The van der Waals surface area contributed by atoms with Gasteiger partial charge in [0.2, 0.25) is 0 Å². The molecular formula is C10H10BrN5O. The number of hydrogen-bond donors (Lipinski definition) is 2. The van der Waals surface area contributed by atoms with Crippen LogP contribution in [0.3, 0.4) is 0 Å². The molecule has 0 fully saturated rings. The van der Waals surface area contributed by atoms with E-state index >= 15 is 0 Å². The second kappa shape index (κ2) is 4.54. The number of nitrogen functional groups attached to an aromatic ring is 1. The molecule has 2 aromatic rings. The summed E-state index contributed by atoms with van der Waals surface area (Å²) in [6.07, 6.45) is 3.18. The molecule has 0 aromatic carbocycles. The first kappa shape index (κ1) is 11.6. The molecule has 0 atom stereocenters. The van der Waals surface area contributed by atoms with Gasteiger partial charge in [-0.3, -0.25) is 9.89 Å². The molecule has 2 aromatic heterocycles. The Labute approximate surface area is 106 Å². The van der Waals surface area contributed by atoms with Crippen LogP contribution in [0.25, 0.3) is 0 Å². The first-order valence-corrected chi connectivity index (χ1v) is 5.57. The summed E-state index contributed by atoms with van der Waals surface area (Å²) in [5.41, 5.74) is 6.72. The predicted molar refractivity (Wildman–Crippen MR) is 67.7 cm³/mol. The van der Waals surface area contributed by atoms with Gasteiger partial charge in [-0.05, 0) is 28.1 Å². The Morgan fingerprint density at radius 1 is 1.53 bits per heavy atom. The van der Waals surface area contributed by atoms with Gasteiger partial charge in [0.15, 0.2) is 0 Å². The Balaban J connectivity index is 2.31. The molecule has 0 radical (unpaired) electrons. The van der Waals surface area contributed by atoms with Crippen molar-refractivity contribution in [1.82, 2.24) is 15.2 Å². The topological polar surface area (TPSA) is 87.9 Å². The minimum absolute atomic E-state index is 0.194. The summed E-state index contributed by atoms with van der Waals surface area (Å²) >= 11 is 3.19. The first-order chi connectivity index (χ1) is 8.09. The molecular weight excluding hydrogens is 286 g/mol. The maximum Gasteiger partial charge on any atom is 0.261 e. The molecule has 0 spiro atoms. The standard InChI is InChI=1S/C10H10BrN5O/c1-16(6-4-13-14-5-6)10(17)7-2-3-8(11)15-9(7)12/h2-5H,1H3,(H2,12,15)(H,13,14). The third-order valence-electron chi connectivity index (χ3n) is 2.30. The lowest BCUT2D eigenvalue weighted by Crippen LogP contribution is -2.27. The molecule has 17 heavy (non-hydrogen) atoms. The van der Waals surface area contributed by atoms with Gasteiger partial charge in [0.05, 0.1) is 17.4 Å². The van der Waals surface area contributed by atoms with Crippen LogP contribution in [0.4, 0.5) is 11.5 Å². The Kier molecular flexibility index (Phi) is 3.10. The van der Waals surface area contributed by atoms with Crippen molar-refractivity contribution in [1.29, 1.82) is 0 Å². The summed E-state index contributed by atoms with van der Waals surface area (Å²) in [4.78, 5) is 17.6. The number of amides is 1. The zero-order chi connectivity index (χ0) is 12.4. The SMILES string of the molecule is CN(C(=O)c1ccc(Br)nc1N)c1cn[nH]c1. The van der Waals surface area contributed by atoms with E-state index in [1.54, 1.807) is 31.6 Å². The van der Waals surface area contributed by atoms with E-state index < -0.39 is 0 Å². The van der Waals surface area contributed by atoms with Crippen LogP contribution in [-0.4, -0.2) is 28.1 Å². The lowest BCUT2D eigenvalue weighted by molar-refractivity contribution is 0.0993. The number of carbonyl (C=O) groups is 1. The highest BCUT2D eigenvalue weighted by molar-refractivity contribution is 9.10. The Morgan fingerprint density at radius 3 is 2.88 bits per heavy atom. The van der Waals surface area contributed by atoms with Crippen LogP contribution < -0.4 is 10.6 Å². The number of halogens is 1. The van der Waals surface area contributed by atoms with E-state index in [0.29, 0.717) is 15.9 Å². The van der Waals surface area contributed by atoms with Crippen molar-refractivity contribution in [3.8, 4) is 0 Å². The minimum atomic E-state index is -0.232. The third-order valence-corrected chi connectivity index (χ3v) is 2.74. The second-order valence-corrected chi connectivity index (χ2v) is 4.20. The zero-order valence-electron chi connectivity index (χ0n) is 9.01. The summed E-state index contributed by atoms with van der Waals surface area (Å²) < 4.78 is 0.595. The van der Waals surface area contributed by atoms with E-state index in [4.69, 9.17) is 5.73 Å². The normalized spacial score (nSPS) is 10.2. The Bertz CT molecular complexity index is 540. The fourth-order valence-electron chi connectivity index (χ4n) is 1.36. The maximum atomic E-state index is 12.1. The molecule has 0 aliphatic heterocycles. The van der Waals surface area contributed by atoms with E-state index in [2.05, 4.69) is 31.1 Å². The van der Waals surface area contributed by atoms with Crippen LogP contribution in [0.1, 0.15) is 10.4 Å². The van der Waals surface area contributed by atoms with Crippen LogP contribution in [0.2, 0.25) is 0 Å². The highest BCUT2D eigenvalue weighted by Crippen LogP contribution is 2.18. The lowest BCUT2D eigenvalue weighted by atomic mass is 10.2. The third kappa shape index (κ3) is 2.28. The van der Waals surface area contributed by atoms with Gasteiger partial charge >= 0.3 is 0 Å². The number of nitrogens with one attached hydrogen (secondary N) is 1. The van der Waals surface area contributed by atoms with E-state index in [1.165, 1.54) is 4.90 Å². The van der Waals surface area contributed by atoms with Crippen molar-refractivity contribution in [3.63, 3.8) is 0 Å². The Hall–Kier alpha value is -1.89. The summed E-state index contributed by atoms with van der Waals surface area (Å²) in [5.74, 6) is -0.0383. The largest absolute Gasteiger partial charge is 0.383 e. The number of aromatic nitrogens is 3. The quantitative estimate of drug-likeness (QED) is 0.820. The number of nitrogens with zero attached hydrogens (tertiary/aromatic N) is 3. The van der Waals surface area contributed by atoms with Gasteiger partial charge in [0, 0.05) is 13.2 Å². The number of H-pyrrole nitrogens is 1. The van der Waals surface area contributed by atoms with Gasteiger partial charge in [-0.15, -0.1) is 0 Å². The van der Waals surface area contributed by atoms with Gasteiger partial charge in [-0.1, -0.05) is 0 Å². The van der Waals surface area contributed by atoms with Gasteiger partial charge in [0.1, 0.15) is 10.4 Å². The molecule has 7 heteroatoms. The number of pyridine rings is 1. The molecule has 1 amide bonds. The van der Waals surface area contributed by atoms with Gasteiger partial charge in [0.25, 0.3) is 5.91 Å². The summed E-state index contributed by atoms with van der Waals surface area (Å²) in [6.45, 7) is 0. The van der Waals surface area contributed by atoms with Crippen LogP contribution >= 0.6 is 15.9 Å². The lowest BCUT2D eigenvalue weighted by Gasteiger charge is -2.15. The fourth-order valence-corrected chi connectivity index (χ4v) is 1.68. The number of aromatic amines is 1. The number of hydrogen-bond acceptors (Lipinski definition) is 4. The average Bonchev–Trinajstić information content (AvgIpc) is 2.80. The first-order valence-electron chi connectivity index (χ1n) is 4.78. The van der Waals surface area contributed by atoms with Crippen LogP contribution in [0.15, 0.2) is 29.1 Å². The molecule has 0 aliphatic rings. The van der Waals surface area contributed by atoms with E-state index in [9.17, 15) is 4.79 Å². The number of rotatable bonds is 2. The van der Waals surface area contributed by atoms with Crippen molar-refractivity contribution in [2.45, 2.75) is 0 Å². The molecule has 3 N–H and O–H groups in total. The van der Waals surface area contributed by atoms with Crippen LogP contribution in [-0.2, 0) is 0 Å². The highest BCUT2D eigenvalue weighted by Gasteiger charge is 2.17. The van der Waals surface area contributed by atoms with Crippen molar-refractivity contribution >= 4 is 33.3 Å². The van der Waals surface area contributed by atoms with E-state index in [-0.39, 0.29) is 11.7 Å². The van der Waals surface area contributed by atoms with Gasteiger partial charge < -0.3 is 10.6 Å². The van der Waals surface area contributed by atoms with Crippen molar-refractivity contribution in [3.05, 3.63) is 34.7 Å². The Morgan fingerprint density at radius 2 is 2.29 bits per heavy atom. The molecule has 0 saturated carbocycles. The molecule has 2 heterocycles. The smallest absolute Gasteiger partial charge is 0.261 e. The second-order valence-electron chi connectivity index (χ2n) is 3.39. The zero-order valence-corrected chi connectivity index (χ0v) is 10.6. The van der Waals surface area contributed by atoms with E-state index in [1.807, 2.05) is 0 Å². The molecule has 0 bridgehead atoms. The van der Waals surface area contributed by atoms with Gasteiger partial charge in [-0.25, -0.2) is 4.98 Å². The monoisotopic (exact) mass is 295 g/mol.